The maximum Gasteiger partial charge on any atom is 0.191 e. The van der Waals surface area contributed by atoms with Crippen LogP contribution in [0.5, 0.6) is 0 Å². The van der Waals surface area contributed by atoms with Crippen molar-refractivity contribution in [3.63, 3.8) is 0 Å². The Labute approximate surface area is 172 Å². The zero-order chi connectivity index (χ0) is 17.0. The third kappa shape index (κ3) is 5.73. The Morgan fingerprint density at radius 2 is 2.00 bits per heavy atom. The van der Waals surface area contributed by atoms with Crippen LogP contribution in [-0.2, 0) is 5.41 Å². The van der Waals surface area contributed by atoms with Crippen molar-refractivity contribution in [2.45, 2.75) is 63.0 Å². The molecule has 4 nitrogen and oxygen atoms in total. The number of aliphatic hydroxyl groups excluding tert-OH is 1. The number of aliphatic hydroxyl groups is 1. The molecule has 0 aromatic heterocycles. The second-order valence-electron chi connectivity index (χ2n) is 7.14. The van der Waals surface area contributed by atoms with Gasteiger partial charge in [-0.3, -0.25) is 4.99 Å². The maximum atomic E-state index is 9.65. The summed E-state index contributed by atoms with van der Waals surface area (Å²) in [7, 11) is 0. The summed E-state index contributed by atoms with van der Waals surface area (Å²) in [5.41, 5.74) is 1.46. The first kappa shape index (κ1) is 20.8. The Morgan fingerprint density at radius 1 is 1.28 bits per heavy atom. The van der Waals surface area contributed by atoms with Crippen molar-refractivity contribution in [3.05, 3.63) is 34.9 Å². The number of halogens is 2. The summed E-state index contributed by atoms with van der Waals surface area (Å²) in [4.78, 5) is 4.86. The summed E-state index contributed by atoms with van der Waals surface area (Å²) in [5, 5.41) is 17.3. The van der Waals surface area contributed by atoms with Gasteiger partial charge < -0.3 is 15.7 Å². The second-order valence-corrected chi connectivity index (χ2v) is 7.57. The van der Waals surface area contributed by atoms with Gasteiger partial charge in [0.2, 0.25) is 0 Å². The Morgan fingerprint density at radius 3 is 2.60 bits per heavy atom. The van der Waals surface area contributed by atoms with Gasteiger partial charge in [-0.25, -0.2) is 0 Å². The summed E-state index contributed by atoms with van der Waals surface area (Å²) < 4.78 is 0. The van der Waals surface area contributed by atoms with Gasteiger partial charge >= 0.3 is 0 Å². The number of rotatable bonds is 5. The van der Waals surface area contributed by atoms with E-state index in [1.165, 1.54) is 18.4 Å². The number of nitrogens with one attached hydrogen (secondary N) is 2. The minimum absolute atomic E-state index is 0. The molecule has 0 bridgehead atoms. The van der Waals surface area contributed by atoms with E-state index >= 15 is 0 Å². The van der Waals surface area contributed by atoms with E-state index in [0.29, 0.717) is 6.04 Å². The molecule has 0 unspecified atom stereocenters. The van der Waals surface area contributed by atoms with E-state index in [-0.39, 0.29) is 35.5 Å². The molecule has 0 atom stereocenters. The minimum atomic E-state index is -0.125. The molecule has 2 saturated carbocycles. The smallest absolute Gasteiger partial charge is 0.191 e. The van der Waals surface area contributed by atoms with Gasteiger partial charge in [0.25, 0.3) is 0 Å². The fraction of sp³-hybridized carbons (Fsp3) is 0.632. The van der Waals surface area contributed by atoms with Crippen LogP contribution in [0.4, 0.5) is 0 Å². The molecular weight excluding hydrogens is 449 g/mol. The van der Waals surface area contributed by atoms with Gasteiger partial charge in [-0.2, -0.15) is 0 Å². The molecule has 0 heterocycles. The summed E-state index contributed by atoms with van der Waals surface area (Å²) in [5.74, 6) is 0.896. The predicted molar refractivity (Wildman–Crippen MR) is 115 cm³/mol. The summed E-state index contributed by atoms with van der Waals surface area (Å²) >= 11 is 6.15. The Balaban J connectivity index is 0.00000225. The van der Waals surface area contributed by atoms with Crippen LogP contribution in [0.15, 0.2) is 29.3 Å². The Bertz CT molecular complexity index is 584. The first-order valence-corrected chi connectivity index (χ1v) is 9.48. The lowest BCUT2D eigenvalue weighted by Gasteiger charge is -2.28. The lowest BCUT2D eigenvalue weighted by molar-refractivity contribution is 0.120. The van der Waals surface area contributed by atoms with Crippen LogP contribution in [0.2, 0.25) is 5.02 Å². The molecule has 3 rings (SSSR count). The second kappa shape index (κ2) is 9.42. The Hall–Kier alpha value is -0.530. The van der Waals surface area contributed by atoms with Crippen LogP contribution in [-0.4, -0.2) is 36.3 Å². The molecule has 3 N–H and O–H groups in total. The average Bonchev–Trinajstić information content (AvgIpc) is 3.36. The summed E-state index contributed by atoms with van der Waals surface area (Å²) in [6.07, 6.45) is 5.99. The number of benzene rings is 1. The SMILES string of the molecule is CCNC(=NCC1(c2cccc(Cl)c2)CC1)NC1CCC(O)CC1.I. The normalized spacial score (nSPS) is 25.0. The van der Waals surface area contributed by atoms with E-state index in [1.807, 2.05) is 12.1 Å². The highest BCUT2D eigenvalue weighted by atomic mass is 127. The molecule has 25 heavy (non-hydrogen) atoms. The topological polar surface area (TPSA) is 56.7 Å². The number of aliphatic imine (C=N–C) groups is 1. The van der Waals surface area contributed by atoms with E-state index in [2.05, 4.69) is 29.7 Å². The molecule has 0 radical (unpaired) electrons. The first-order valence-electron chi connectivity index (χ1n) is 9.10. The maximum absolute atomic E-state index is 9.65. The lowest BCUT2D eigenvalue weighted by atomic mass is 9.93. The zero-order valence-electron chi connectivity index (χ0n) is 14.8. The largest absolute Gasteiger partial charge is 0.393 e. The average molecular weight is 478 g/mol. The molecule has 2 aliphatic carbocycles. The standard InChI is InChI=1S/C19H28ClN3O.HI/c1-2-21-18(23-16-6-8-17(24)9-7-16)22-13-19(10-11-19)14-4-3-5-15(20)12-14;/h3-5,12,16-17,24H,2,6-11,13H2,1H3,(H2,21,22,23);1H. The molecule has 0 saturated heterocycles. The monoisotopic (exact) mass is 477 g/mol. The molecule has 0 aliphatic heterocycles. The summed E-state index contributed by atoms with van der Waals surface area (Å²) in [6, 6.07) is 8.60. The van der Waals surface area contributed by atoms with Crippen LogP contribution in [0.1, 0.15) is 51.0 Å². The van der Waals surface area contributed by atoms with Crippen LogP contribution in [0, 0.1) is 0 Å². The molecule has 2 fully saturated rings. The summed E-state index contributed by atoms with van der Waals surface area (Å²) in [6.45, 7) is 3.73. The fourth-order valence-electron chi connectivity index (χ4n) is 3.47. The predicted octanol–water partition coefficient (Wildman–Crippen LogP) is 3.85. The number of nitrogens with zero attached hydrogens (tertiary/aromatic N) is 1. The molecule has 0 amide bonds. The van der Waals surface area contributed by atoms with E-state index in [4.69, 9.17) is 16.6 Å². The fourth-order valence-corrected chi connectivity index (χ4v) is 3.66. The van der Waals surface area contributed by atoms with Gasteiger partial charge in [0, 0.05) is 23.0 Å². The van der Waals surface area contributed by atoms with Crippen LogP contribution in [0.25, 0.3) is 0 Å². The highest BCUT2D eigenvalue weighted by Gasteiger charge is 2.44. The highest BCUT2D eigenvalue weighted by molar-refractivity contribution is 14.0. The van der Waals surface area contributed by atoms with Crippen molar-refractivity contribution in [2.75, 3.05) is 13.1 Å². The highest BCUT2D eigenvalue weighted by Crippen LogP contribution is 2.48. The van der Waals surface area contributed by atoms with Gasteiger partial charge in [-0.1, -0.05) is 23.7 Å². The van der Waals surface area contributed by atoms with Crippen molar-refractivity contribution in [3.8, 4) is 0 Å². The quantitative estimate of drug-likeness (QED) is 0.343. The van der Waals surface area contributed by atoms with Gasteiger partial charge in [-0.05, 0) is 63.1 Å². The molecular formula is C19H29ClIN3O. The van der Waals surface area contributed by atoms with Crippen molar-refractivity contribution in [1.29, 1.82) is 0 Å². The number of guanidine groups is 1. The molecule has 0 spiro atoms. The van der Waals surface area contributed by atoms with E-state index < -0.39 is 0 Å². The van der Waals surface area contributed by atoms with Crippen molar-refractivity contribution >= 4 is 41.5 Å². The van der Waals surface area contributed by atoms with E-state index in [0.717, 1.165) is 49.8 Å². The molecule has 2 aliphatic rings. The van der Waals surface area contributed by atoms with Crippen molar-refractivity contribution in [1.82, 2.24) is 10.6 Å². The molecule has 6 heteroatoms. The molecule has 1 aromatic rings. The van der Waals surface area contributed by atoms with Gasteiger partial charge in [0.15, 0.2) is 5.96 Å². The first-order chi connectivity index (χ1) is 11.6. The number of hydrogen-bond donors (Lipinski definition) is 3. The molecule has 1 aromatic carbocycles. The zero-order valence-corrected chi connectivity index (χ0v) is 17.9. The van der Waals surface area contributed by atoms with Crippen LogP contribution in [0.3, 0.4) is 0 Å². The minimum Gasteiger partial charge on any atom is -0.393 e. The van der Waals surface area contributed by atoms with Gasteiger partial charge in [0.1, 0.15) is 0 Å². The van der Waals surface area contributed by atoms with Crippen LogP contribution >= 0.6 is 35.6 Å². The van der Waals surface area contributed by atoms with Gasteiger partial charge in [0.05, 0.1) is 12.6 Å². The third-order valence-electron chi connectivity index (χ3n) is 5.21. The number of hydrogen-bond acceptors (Lipinski definition) is 2. The van der Waals surface area contributed by atoms with Crippen LogP contribution < -0.4 is 10.6 Å². The van der Waals surface area contributed by atoms with Crippen molar-refractivity contribution < 1.29 is 5.11 Å². The lowest BCUT2D eigenvalue weighted by Crippen LogP contribution is -2.45. The third-order valence-corrected chi connectivity index (χ3v) is 5.45. The molecule has 140 valence electrons. The van der Waals surface area contributed by atoms with Crippen molar-refractivity contribution in [2.24, 2.45) is 4.99 Å². The Kier molecular flexibility index (Phi) is 7.83. The van der Waals surface area contributed by atoms with E-state index in [9.17, 15) is 5.11 Å². The van der Waals surface area contributed by atoms with Gasteiger partial charge in [-0.15, -0.1) is 24.0 Å². The van der Waals surface area contributed by atoms with E-state index in [1.54, 1.807) is 0 Å².